The molecule has 110 valence electrons. The highest BCUT2D eigenvalue weighted by Crippen LogP contribution is 2.37. The van der Waals surface area contributed by atoms with Gasteiger partial charge >= 0.3 is 12.1 Å². The maximum absolute atomic E-state index is 12.9. The number of carbonyl (C=O) groups excluding carboxylic acids is 1. The van der Waals surface area contributed by atoms with Crippen LogP contribution in [0.25, 0.3) is 11.1 Å². The molecule has 0 aliphatic rings. The van der Waals surface area contributed by atoms with E-state index in [1.807, 2.05) is 0 Å². The van der Waals surface area contributed by atoms with E-state index in [0.717, 1.165) is 6.07 Å². The van der Waals surface area contributed by atoms with Crippen LogP contribution < -0.4 is 0 Å². The van der Waals surface area contributed by atoms with Gasteiger partial charge in [-0.1, -0.05) is 34.1 Å². The topological polar surface area (TPSA) is 26.3 Å². The molecule has 0 saturated carbocycles. The highest BCUT2D eigenvalue weighted by Gasteiger charge is 2.33. The Balaban J connectivity index is 2.41. The number of hydrogen-bond donors (Lipinski definition) is 0. The van der Waals surface area contributed by atoms with Crippen LogP contribution in [0.4, 0.5) is 13.2 Å². The van der Waals surface area contributed by atoms with E-state index in [1.54, 1.807) is 18.2 Å². The van der Waals surface area contributed by atoms with Crippen molar-refractivity contribution in [3.8, 4) is 11.1 Å². The van der Waals surface area contributed by atoms with Gasteiger partial charge in [-0.25, -0.2) is 4.79 Å². The predicted octanol–water partition coefficient (Wildman–Crippen LogP) is 4.92. The standard InChI is InChI=1S/C15H10BrF3O2/c1-21-14(20)10-4-2-9(3-5-10)11-6-7-13(16)12(8-11)15(17,18)19/h2-8H,1H3. The second kappa shape index (κ2) is 5.89. The highest BCUT2D eigenvalue weighted by molar-refractivity contribution is 9.10. The van der Waals surface area contributed by atoms with Gasteiger partial charge in [0, 0.05) is 4.47 Å². The normalized spacial score (nSPS) is 11.3. The Kier molecular flexibility index (Phi) is 4.37. The van der Waals surface area contributed by atoms with E-state index in [0.29, 0.717) is 16.7 Å². The van der Waals surface area contributed by atoms with Gasteiger partial charge < -0.3 is 4.74 Å². The van der Waals surface area contributed by atoms with Gasteiger partial charge in [0.25, 0.3) is 0 Å². The zero-order chi connectivity index (χ0) is 15.6. The first-order valence-corrected chi connectivity index (χ1v) is 6.67. The van der Waals surface area contributed by atoms with Gasteiger partial charge in [0.1, 0.15) is 0 Å². The fourth-order valence-corrected chi connectivity index (χ4v) is 2.31. The first-order valence-electron chi connectivity index (χ1n) is 5.88. The number of carbonyl (C=O) groups is 1. The van der Waals surface area contributed by atoms with Crippen molar-refractivity contribution in [3.05, 3.63) is 58.1 Å². The van der Waals surface area contributed by atoms with Crippen molar-refractivity contribution in [3.63, 3.8) is 0 Å². The first kappa shape index (κ1) is 15.6. The Hall–Kier alpha value is -1.82. The summed E-state index contributed by atoms with van der Waals surface area (Å²) in [7, 11) is 1.26. The van der Waals surface area contributed by atoms with Crippen LogP contribution in [0.1, 0.15) is 15.9 Å². The van der Waals surface area contributed by atoms with Crippen LogP contribution in [0.5, 0.6) is 0 Å². The van der Waals surface area contributed by atoms with Gasteiger partial charge in [-0.2, -0.15) is 13.2 Å². The Labute approximate surface area is 127 Å². The lowest BCUT2D eigenvalue weighted by Crippen LogP contribution is -2.06. The molecule has 2 aromatic carbocycles. The fraction of sp³-hybridized carbons (Fsp3) is 0.133. The van der Waals surface area contributed by atoms with E-state index >= 15 is 0 Å². The summed E-state index contributed by atoms with van der Waals surface area (Å²) < 4.78 is 43.2. The molecule has 0 aromatic heterocycles. The third-order valence-electron chi connectivity index (χ3n) is 2.91. The molecule has 0 amide bonds. The first-order chi connectivity index (χ1) is 9.82. The number of halogens is 4. The number of esters is 1. The molecule has 0 N–H and O–H groups in total. The Morgan fingerprint density at radius 2 is 1.62 bits per heavy atom. The third kappa shape index (κ3) is 3.44. The number of alkyl halides is 3. The number of methoxy groups -OCH3 is 1. The summed E-state index contributed by atoms with van der Waals surface area (Å²) in [6.45, 7) is 0. The second-order valence-corrected chi connectivity index (χ2v) is 5.12. The predicted molar refractivity (Wildman–Crippen MR) is 75.9 cm³/mol. The minimum atomic E-state index is -4.43. The summed E-state index contributed by atoms with van der Waals surface area (Å²) in [4.78, 5) is 11.3. The number of hydrogen-bond acceptors (Lipinski definition) is 2. The number of benzene rings is 2. The molecule has 0 aliphatic carbocycles. The van der Waals surface area contributed by atoms with Crippen molar-refractivity contribution in [1.82, 2.24) is 0 Å². The van der Waals surface area contributed by atoms with Crippen LogP contribution in [-0.4, -0.2) is 13.1 Å². The minimum Gasteiger partial charge on any atom is -0.465 e. The van der Waals surface area contributed by atoms with E-state index in [2.05, 4.69) is 20.7 Å². The van der Waals surface area contributed by atoms with E-state index in [-0.39, 0.29) is 4.47 Å². The fourth-order valence-electron chi connectivity index (χ4n) is 1.84. The van der Waals surface area contributed by atoms with E-state index in [9.17, 15) is 18.0 Å². The quantitative estimate of drug-likeness (QED) is 0.712. The second-order valence-electron chi connectivity index (χ2n) is 4.26. The van der Waals surface area contributed by atoms with Crippen molar-refractivity contribution in [2.75, 3.05) is 7.11 Å². The molecule has 0 fully saturated rings. The number of rotatable bonds is 2. The average Bonchev–Trinajstić information content (AvgIpc) is 2.46. The van der Waals surface area contributed by atoms with Gasteiger partial charge in [0.2, 0.25) is 0 Å². The lowest BCUT2D eigenvalue weighted by atomic mass is 10.0. The molecular formula is C15H10BrF3O2. The lowest BCUT2D eigenvalue weighted by molar-refractivity contribution is -0.138. The van der Waals surface area contributed by atoms with Crippen LogP contribution >= 0.6 is 15.9 Å². The Bertz CT molecular complexity index is 664. The zero-order valence-corrected chi connectivity index (χ0v) is 12.5. The molecule has 2 nitrogen and oxygen atoms in total. The SMILES string of the molecule is COC(=O)c1ccc(-c2ccc(Br)c(C(F)(F)F)c2)cc1. The average molecular weight is 359 g/mol. The minimum absolute atomic E-state index is 0.00932. The zero-order valence-electron chi connectivity index (χ0n) is 10.9. The van der Waals surface area contributed by atoms with Crippen LogP contribution in [0.3, 0.4) is 0 Å². The molecule has 0 aliphatic heterocycles. The molecule has 2 rings (SSSR count). The summed E-state index contributed by atoms with van der Waals surface area (Å²) in [5, 5.41) is 0. The molecule has 21 heavy (non-hydrogen) atoms. The molecular weight excluding hydrogens is 349 g/mol. The molecule has 0 atom stereocenters. The monoisotopic (exact) mass is 358 g/mol. The van der Waals surface area contributed by atoms with Crippen LogP contribution in [0.2, 0.25) is 0 Å². The van der Waals surface area contributed by atoms with Gasteiger partial charge in [0.15, 0.2) is 0 Å². The van der Waals surface area contributed by atoms with Crippen molar-refractivity contribution >= 4 is 21.9 Å². The van der Waals surface area contributed by atoms with Crippen molar-refractivity contribution < 1.29 is 22.7 Å². The van der Waals surface area contributed by atoms with Crippen LogP contribution in [0.15, 0.2) is 46.9 Å². The molecule has 0 unspecified atom stereocenters. The van der Waals surface area contributed by atoms with Crippen molar-refractivity contribution in [1.29, 1.82) is 0 Å². The summed E-state index contributed by atoms with van der Waals surface area (Å²) in [5.74, 6) is -0.492. The summed E-state index contributed by atoms with van der Waals surface area (Å²) in [6, 6.07) is 10.2. The highest BCUT2D eigenvalue weighted by atomic mass is 79.9. The van der Waals surface area contributed by atoms with E-state index in [4.69, 9.17) is 0 Å². The third-order valence-corrected chi connectivity index (χ3v) is 3.60. The molecule has 0 spiro atoms. The van der Waals surface area contributed by atoms with Gasteiger partial charge in [-0.15, -0.1) is 0 Å². The van der Waals surface area contributed by atoms with Gasteiger partial charge in [0.05, 0.1) is 18.2 Å². The summed E-state index contributed by atoms with van der Waals surface area (Å²) >= 11 is 2.90. The van der Waals surface area contributed by atoms with Crippen molar-refractivity contribution in [2.45, 2.75) is 6.18 Å². The molecule has 0 radical (unpaired) electrons. The van der Waals surface area contributed by atoms with Gasteiger partial charge in [-0.3, -0.25) is 0 Å². The van der Waals surface area contributed by atoms with E-state index < -0.39 is 17.7 Å². The number of ether oxygens (including phenoxy) is 1. The molecule has 0 bridgehead atoms. The van der Waals surface area contributed by atoms with Gasteiger partial charge in [-0.05, 0) is 35.4 Å². The Morgan fingerprint density at radius 1 is 1.05 bits per heavy atom. The lowest BCUT2D eigenvalue weighted by Gasteiger charge is -2.11. The summed E-state index contributed by atoms with van der Waals surface area (Å²) in [5.41, 5.74) is 0.606. The van der Waals surface area contributed by atoms with Crippen LogP contribution in [0, 0.1) is 0 Å². The maximum Gasteiger partial charge on any atom is 0.417 e. The largest absolute Gasteiger partial charge is 0.465 e. The van der Waals surface area contributed by atoms with Crippen LogP contribution in [-0.2, 0) is 10.9 Å². The molecule has 2 aromatic rings. The smallest absolute Gasteiger partial charge is 0.417 e. The van der Waals surface area contributed by atoms with E-state index in [1.165, 1.54) is 25.3 Å². The molecule has 0 heterocycles. The summed E-state index contributed by atoms with van der Waals surface area (Å²) in [6.07, 6.45) is -4.43. The maximum atomic E-state index is 12.9. The Morgan fingerprint density at radius 3 is 2.14 bits per heavy atom. The van der Waals surface area contributed by atoms with Crippen molar-refractivity contribution in [2.24, 2.45) is 0 Å². The molecule has 6 heteroatoms. The molecule has 0 saturated heterocycles.